The molecule has 0 spiro atoms. The molecule has 0 aromatic carbocycles. The van der Waals surface area contributed by atoms with Gasteiger partial charge in [-0.3, -0.25) is 9.59 Å². The largest absolute Gasteiger partial charge is 0.462 e. The zero-order chi connectivity index (χ0) is 25.8. The molecule has 0 unspecified atom stereocenters. The Balaban J connectivity index is 1.19. The third kappa shape index (κ3) is 4.41. The van der Waals surface area contributed by atoms with Crippen LogP contribution in [0.25, 0.3) is 0 Å². The minimum Gasteiger partial charge on any atom is -0.462 e. The zero-order valence-corrected chi connectivity index (χ0v) is 20.6. The first-order valence-corrected chi connectivity index (χ1v) is 12.8. The molecule has 5 fully saturated rings. The Hall–Kier alpha value is -3.94. The van der Waals surface area contributed by atoms with Crippen LogP contribution in [-0.4, -0.2) is 57.0 Å². The lowest BCUT2D eigenvalue weighted by Gasteiger charge is -2.61. The van der Waals surface area contributed by atoms with Gasteiger partial charge in [0.25, 0.3) is 11.8 Å². The zero-order valence-electron chi connectivity index (χ0n) is 20.6. The lowest BCUT2D eigenvalue weighted by atomic mass is 9.50. The normalized spacial score (nSPS) is 25.3. The minimum atomic E-state index is -0.642. The number of aromatic nitrogens is 4. The number of terminal acetylenes is 1. The molecule has 0 radical (unpaired) electrons. The van der Waals surface area contributed by atoms with Crippen LogP contribution in [0.15, 0.2) is 12.1 Å². The number of pyridine rings is 1. The molecule has 5 aliphatic rings. The summed E-state index contributed by atoms with van der Waals surface area (Å²) in [7, 11) is 0. The molecule has 37 heavy (non-hydrogen) atoms. The van der Waals surface area contributed by atoms with E-state index in [-0.39, 0.29) is 46.0 Å². The number of rotatable bonds is 8. The molecule has 1 saturated heterocycles. The number of carbonyl (C=O) groups excluding carboxylic acids is 2. The van der Waals surface area contributed by atoms with E-state index in [0.29, 0.717) is 25.6 Å². The number of amides is 2. The van der Waals surface area contributed by atoms with Crippen molar-refractivity contribution in [3.05, 3.63) is 29.3 Å². The number of hydrogen-bond acceptors (Lipinski definition) is 9. The number of nitrogens with one attached hydrogen (secondary N) is 1. The number of hydrogen-bond donors (Lipinski definition) is 3. The standard InChI is InChI=1S/C26H30N8O3/c1-2-25(7-8-25)14-37-24-31-21(22(36)33-26-11-15(12-26)13-26)30-23(32-24)34-9-5-16(6-10-34)18-4-3-17(27)19(29-18)20(28)35/h1,3-4,15-16H,5-14,27H2,(H2,28,35)(H,33,36). The maximum absolute atomic E-state index is 13.1. The average Bonchev–Trinajstić information content (AvgIpc) is 3.65. The number of nitrogens with zero attached hydrogens (tertiary/aromatic N) is 5. The number of piperidine rings is 1. The summed E-state index contributed by atoms with van der Waals surface area (Å²) >= 11 is 0. The van der Waals surface area contributed by atoms with Crippen molar-refractivity contribution in [2.24, 2.45) is 17.1 Å². The van der Waals surface area contributed by atoms with E-state index in [2.05, 4.69) is 31.2 Å². The number of nitrogens with two attached hydrogens (primary N) is 2. The van der Waals surface area contributed by atoms with Gasteiger partial charge in [0.05, 0.1) is 11.1 Å². The quantitative estimate of drug-likeness (QED) is 0.453. The van der Waals surface area contributed by atoms with E-state index in [1.165, 1.54) is 0 Å². The lowest BCUT2D eigenvalue weighted by molar-refractivity contribution is -0.0441. The number of carbonyl (C=O) groups is 2. The van der Waals surface area contributed by atoms with E-state index in [1.54, 1.807) is 6.07 Å². The summed E-state index contributed by atoms with van der Waals surface area (Å²) < 4.78 is 5.89. The molecule has 3 heterocycles. The second-order valence-electron chi connectivity index (χ2n) is 11.0. The third-order valence-corrected chi connectivity index (χ3v) is 8.24. The number of anilines is 2. The molecule has 4 aliphatic carbocycles. The van der Waals surface area contributed by atoms with Crippen molar-refractivity contribution in [2.75, 3.05) is 30.3 Å². The van der Waals surface area contributed by atoms with Crippen LogP contribution in [0.3, 0.4) is 0 Å². The molecule has 2 bridgehead atoms. The first-order valence-electron chi connectivity index (χ1n) is 12.8. The topological polar surface area (TPSA) is 162 Å². The molecule has 7 rings (SSSR count). The summed E-state index contributed by atoms with van der Waals surface area (Å²) in [5.74, 6) is 3.18. The number of nitrogen functional groups attached to an aromatic ring is 1. The monoisotopic (exact) mass is 502 g/mol. The van der Waals surface area contributed by atoms with E-state index in [9.17, 15) is 9.59 Å². The van der Waals surface area contributed by atoms with Crippen molar-refractivity contribution in [3.8, 4) is 18.4 Å². The van der Waals surface area contributed by atoms with Gasteiger partial charge in [-0.05, 0) is 63.0 Å². The fourth-order valence-corrected chi connectivity index (χ4v) is 5.55. The van der Waals surface area contributed by atoms with Gasteiger partial charge in [-0.2, -0.15) is 15.0 Å². The summed E-state index contributed by atoms with van der Waals surface area (Å²) in [6.45, 7) is 1.58. The van der Waals surface area contributed by atoms with Crippen LogP contribution >= 0.6 is 0 Å². The van der Waals surface area contributed by atoms with E-state index < -0.39 is 5.91 Å². The average molecular weight is 503 g/mol. The van der Waals surface area contributed by atoms with Gasteiger partial charge < -0.3 is 26.4 Å². The molecule has 5 N–H and O–H groups in total. The Kier molecular flexibility index (Phi) is 5.44. The molecule has 0 atom stereocenters. The van der Waals surface area contributed by atoms with Crippen molar-refractivity contribution in [1.29, 1.82) is 0 Å². The van der Waals surface area contributed by atoms with E-state index in [4.69, 9.17) is 22.6 Å². The van der Waals surface area contributed by atoms with Gasteiger partial charge in [-0.1, -0.05) is 5.92 Å². The Morgan fingerprint density at radius 1 is 1.14 bits per heavy atom. The van der Waals surface area contributed by atoms with Gasteiger partial charge >= 0.3 is 6.01 Å². The van der Waals surface area contributed by atoms with Crippen LogP contribution in [0, 0.1) is 23.7 Å². The molecular formula is C26H30N8O3. The molecule has 4 saturated carbocycles. The van der Waals surface area contributed by atoms with E-state index >= 15 is 0 Å². The van der Waals surface area contributed by atoms with Crippen LogP contribution in [0.5, 0.6) is 6.01 Å². The fourth-order valence-electron chi connectivity index (χ4n) is 5.55. The highest BCUT2D eigenvalue weighted by Gasteiger charge is 2.57. The maximum Gasteiger partial charge on any atom is 0.322 e. The van der Waals surface area contributed by atoms with Crippen LogP contribution in [0.4, 0.5) is 11.6 Å². The summed E-state index contributed by atoms with van der Waals surface area (Å²) in [6, 6.07) is 3.62. The predicted molar refractivity (Wildman–Crippen MR) is 135 cm³/mol. The van der Waals surface area contributed by atoms with Crippen LogP contribution in [0.2, 0.25) is 0 Å². The van der Waals surface area contributed by atoms with Crippen LogP contribution in [0.1, 0.15) is 77.7 Å². The van der Waals surface area contributed by atoms with Gasteiger partial charge in [0, 0.05) is 30.2 Å². The summed E-state index contributed by atoms with van der Waals surface area (Å²) in [6.07, 6.45) is 12.0. The molecule has 2 aromatic heterocycles. The van der Waals surface area contributed by atoms with Crippen molar-refractivity contribution >= 4 is 23.5 Å². The van der Waals surface area contributed by atoms with Crippen LogP contribution < -0.4 is 26.4 Å². The molecular weight excluding hydrogens is 472 g/mol. The minimum absolute atomic E-state index is 0.0590. The number of ether oxygens (including phenoxy) is 1. The Morgan fingerprint density at radius 3 is 2.46 bits per heavy atom. The van der Waals surface area contributed by atoms with E-state index in [1.807, 2.05) is 11.0 Å². The first kappa shape index (κ1) is 23.5. The van der Waals surface area contributed by atoms with Crippen LogP contribution in [-0.2, 0) is 0 Å². The fraction of sp³-hybridized carbons (Fsp3) is 0.538. The van der Waals surface area contributed by atoms with Gasteiger partial charge in [0.15, 0.2) is 5.69 Å². The Bertz CT molecular complexity index is 1290. The van der Waals surface area contributed by atoms with Gasteiger partial charge in [0.1, 0.15) is 6.61 Å². The summed E-state index contributed by atoms with van der Waals surface area (Å²) in [4.78, 5) is 44.5. The maximum atomic E-state index is 13.1. The third-order valence-electron chi connectivity index (χ3n) is 8.24. The van der Waals surface area contributed by atoms with Crippen molar-refractivity contribution < 1.29 is 14.3 Å². The van der Waals surface area contributed by atoms with Crippen molar-refractivity contribution in [3.63, 3.8) is 0 Å². The van der Waals surface area contributed by atoms with Gasteiger partial charge in [-0.15, -0.1) is 6.42 Å². The lowest BCUT2D eigenvalue weighted by Crippen LogP contribution is -2.68. The van der Waals surface area contributed by atoms with Crippen molar-refractivity contribution in [2.45, 2.75) is 56.4 Å². The van der Waals surface area contributed by atoms with Gasteiger partial charge in [-0.25, -0.2) is 4.98 Å². The first-order chi connectivity index (χ1) is 17.8. The molecule has 2 aromatic rings. The molecule has 11 nitrogen and oxygen atoms in total. The summed E-state index contributed by atoms with van der Waals surface area (Å²) in [5, 5.41) is 3.12. The summed E-state index contributed by atoms with van der Waals surface area (Å²) in [5.41, 5.74) is 12.0. The Morgan fingerprint density at radius 2 is 1.86 bits per heavy atom. The second-order valence-corrected chi connectivity index (χ2v) is 11.0. The number of primary amides is 1. The highest BCUT2D eigenvalue weighted by Crippen LogP contribution is 2.57. The van der Waals surface area contributed by atoms with Gasteiger partial charge in [0.2, 0.25) is 11.8 Å². The second kappa shape index (κ2) is 8.57. The van der Waals surface area contributed by atoms with Crippen molar-refractivity contribution in [1.82, 2.24) is 25.3 Å². The molecule has 1 aliphatic heterocycles. The SMILES string of the molecule is C#CC1(COc2nc(C(=O)NC34CC(C3)C4)nc(N3CCC(c4ccc(N)c(C(N)=O)n4)CC3)n2)CC1. The predicted octanol–water partition coefficient (Wildman–Crippen LogP) is 1.41. The Labute approximate surface area is 214 Å². The van der Waals surface area contributed by atoms with E-state index in [0.717, 1.165) is 56.6 Å². The molecule has 11 heteroatoms. The smallest absolute Gasteiger partial charge is 0.322 e. The highest BCUT2D eigenvalue weighted by atomic mass is 16.5. The highest BCUT2D eigenvalue weighted by molar-refractivity contribution is 5.95. The molecule has 2 amide bonds. The molecule has 192 valence electrons.